The van der Waals surface area contributed by atoms with Crippen molar-refractivity contribution in [2.24, 2.45) is 11.5 Å². The number of carbonyl (C=O) groups excluding carboxylic acids is 2. The van der Waals surface area contributed by atoms with Gasteiger partial charge in [0.2, 0.25) is 5.91 Å². The first kappa shape index (κ1) is 14.6. The fraction of sp³-hybridized carbons (Fsp3) is 0.125. The predicted molar refractivity (Wildman–Crippen MR) is 82.6 cm³/mol. The van der Waals surface area contributed by atoms with E-state index in [2.05, 4.69) is 12.2 Å². The first-order valence-corrected chi connectivity index (χ1v) is 6.61. The van der Waals surface area contributed by atoms with Crippen LogP contribution in [0.3, 0.4) is 0 Å². The number of anilines is 2. The number of carbonyl (C=O) groups is 2. The van der Waals surface area contributed by atoms with Crippen LogP contribution in [0.5, 0.6) is 0 Å². The van der Waals surface area contributed by atoms with Gasteiger partial charge in [-0.25, -0.2) is 0 Å². The molecule has 5 heteroatoms. The third kappa shape index (κ3) is 3.20. The molecule has 0 unspecified atom stereocenters. The summed E-state index contributed by atoms with van der Waals surface area (Å²) in [4.78, 5) is 23.0. The van der Waals surface area contributed by atoms with E-state index in [1.54, 1.807) is 12.1 Å². The summed E-state index contributed by atoms with van der Waals surface area (Å²) in [6, 6.07) is 12.6. The highest BCUT2D eigenvalue weighted by Crippen LogP contribution is 2.24. The Morgan fingerprint density at radius 2 is 1.67 bits per heavy atom. The number of primary amides is 2. The number of hydrogen-bond acceptors (Lipinski definition) is 3. The van der Waals surface area contributed by atoms with E-state index in [9.17, 15) is 9.59 Å². The molecular formula is C16H17N3O2. The molecule has 2 amide bonds. The van der Waals surface area contributed by atoms with Gasteiger partial charge in [-0.15, -0.1) is 0 Å². The van der Waals surface area contributed by atoms with Crippen LogP contribution in [0.25, 0.3) is 0 Å². The number of aryl methyl sites for hydroxylation is 1. The van der Waals surface area contributed by atoms with Crippen molar-refractivity contribution in [2.75, 3.05) is 5.32 Å². The van der Waals surface area contributed by atoms with E-state index < -0.39 is 11.8 Å². The van der Waals surface area contributed by atoms with Gasteiger partial charge < -0.3 is 16.8 Å². The molecule has 0 saturated heterocycles. The van der Waals surface area contributed by atoms with E-state index >= 15 is 0 Å². The second-order valence-corrected chi connectivity index (χ2v) is 4.63. The van der Waals surface area contributed by atoms with Gasteiger partial charge >= 0.3 is 0 Å². The summed E-state index contributed by atoms with van der Waals surface area (Å²) in [5.74, 6) is -1.38. The minimum absolute atomic E-state index is 0.101. The molecule has 0 aromatic heterocycles. The maximum atomic E-state index is 11.6. The smallest absolute Gasteiger partial charge is 0.251 e. The van der Waals surface area contributed by atoms with Gasteiger partial charge in [-0.3, -0.25) is 9.59 Å². The van der Waals surface area contributed by atoms with Gasteiger partial charge in [0.25, 0.3) is 5.91 Å². The lowest BCUT2D eigenvalue weighted by Crippen LogP contribution is -2.21. The molecule has 0 radical (unpaired) electrons. The van der Waals surface area contributed by atoms with Crippen LogP contribution in [0.1, 0.15) is 33.2 Å². The number of amides is 2. The van der Waals surface area contributed by atoms with Crippen LogP contribution in [0.15, 0.2) is 42.5 Å². The standard InChI is InChI=1S/C16H17N3O2/c1-2-10-6-8-11(9-7-10)19-13-5-3-4-12(15(17)20)14(13)16(18)21/h3-9,19H,2H2,1H3,(H2,17,20)(H2,18,21). The Morgan fingerprint density at radius 3 is 2.19 bits per heavy atom. The summed E-state index contributed by atoms with van der Waals surface area (Å²) in [5.41, 5.74) is 13.3. The van der Waals surface area contributed by atoms with Gasteiger partial charge in [0, 0.05) is 5.69 Å². The van der Waals surface area contributed by atoms with Gasteiger partial charge in [-0.2, -0.15) is 0 Å². The van der Waals surface area contributed by atoms with Gasteiger partial charge in [0.15, 0.2) is 0 Å². The molecule has 108 valence electrons. The molecule has 0 atom stereocenters. The van der Waals surface area contributed by atoms with E-state index in [0.717, 1.165) is 12.1 Å². The van der Waals surface area contributed by atoms with Gasteiger partial charge in [0.05, 0.1) is 16.8 Å². The minimum Gasteiger partial charge on any atom is -0.366 e. The number of nitrogens with two attached hydrogens (primary N) is 2. The molecule has 0 aliphatic carbocycles. The van der Waals surface area contributed by atoms with Crippen LogP contribution in [0.4, 0.5) is 11.4 Å². The van der Waals surface area contributed by atoms with Crippen molar-refractivity contribution in [3.63, 3.8) is 0 Å². The fourth-order valence-electron chi connectivity index (χ4n) is 2.11. The van der Waals surface area contributed by atoms with Gasteiger partial charge in [-0.1, -0.05) is 25.1 Å². The summed E-state index contributed by atoms with van der Waals surface area (Å²) >= 11 is 0. The molecule has 0 aliphatic rings. The first-order chi connectivity index (χ1) is 10.0. The molecule has 0 spiro atoms. The zero-order valence-corrected chi connectivity index (χ0v) is 11.7. The molecule has 0 heterocycles. The van der Waals surface area contributed by atoms with Crippen molar-refractivity contribution in [3.05, 3.63) is 59.2 Å². The lowest BCUT2D eigenvalue weighted by molar-refractivity contribution is 0.0968. The van der Waals surface area contributed by atoms with E-state index in [1.165, 1.54) is 11.6 Å². The lowest BCUT2D eigenvalue weighted by Gasteiger charge is -2.13. The number of benzene rings is 2. The van der Waals surface area contributed by atoms with Crippen LogP contribution in [-0.2, 0) is 6.42 Å². The molecule has 0 bridgehead atoms. The van der Waals surface area contributed by atoms with Crippen LogP contribution in [-0.4, -0.2) is 11.8 Å². The Kier molecular flexibility index (Phi) is 4.23. The molecule has 21 heavy (non-hydrogen) atoms. The molecule has 0 fully saturated rings. The molecule has 0 saturated carbocycles. The molecule has 2 aromatic rings. The zero-order valence-electron chi connectivity index (χ0n) is 11.7. The Labute approximate surface area is 123 Å². The average molecular weight is 283 g/mol. The maximum Gasteiger partial charge on any atom is 0.251 e. The predicted octanol–water partition coefficient (Wildman–Crippen LogP) is 2.19. The van der Waals surface area contributed by atoms with Crippen molar-refractivity contribution < 1.29 is 9.59 Å². The fourth-order valence-corrected chi connectivity index (χ4v) is 2.11. The van der Waals surface area contributed by atoms with Gasteiger partial charge in [0.1, 0.15) is 0 Å². The van der Waals surface area contributed by atoms with Crippen LogP contribution in [0.2, 0.25) is 0 Å². The molecule has 2 aromatic carbocycles. The third-order valence-electron chi connectivity index (χ3n) is 3.22. The molecule has 5 N–H and O–H groups in total. The van der Waals surface area contributed by atoms with Crippen LogP contribution < -0.4 is 16.8 Å². The highest BCUT2D eigenvalue weighted by Gasteiger charge is 2.17. The second kappa shape index (κ2) is 6.09. The Bertz CT molecular complexity index is 678. The van der Waals surface area contributed by atoms with Crippen molar-refractivity contribution in [3.8, 4) is 0 Å². The third-order valence-corrected chi connectivity index (χ3v) is 3.22. The van der Waals surface area contributed by atoms with Crippen molar-refractivity contribution >= 4 is 23.2 Å². The van der Waals surface area contributed by atoms with Crippen LogP contribution >= 0.6 is 0 Å². The average Bonchev–Trinajstić information content (AvgIpc) is 2.47. The number of nitrogens with one attached hydrogen (secondary N) is 1. The topological polar surface area (TPSA) is 98.2 Å². The summed E-state index contributed by atoms with van der Waals surface area (Å²) < 4.78 is 0. The Morgan fingerprint density at radius 1 is 1.00 bits per heavy atom. The van der Waals surface area contributed by atoms with Crippen LogP contribution in [0, 0.1) is 0 Å². The highest BCUT2D eigenvalue weighted by atomic mass is 16.2. The number of rotatable bonds is 5. The van der Waals surface area contributed by atoms with E-state index in [-0.39, 0.29) is 11.1 Å². The van der Waals surface area contributed by atoms with Crippen molar-refractivity contribution in [2.45, 2.75) is 13.3 Å². The minimum atomic E-state index is -0.697. The SMILES string of the molecule is CCc1ccc(Nc2cccc(C(N)=O)c2C(N)=O)cc1. The van der Waals surface area contributed by atoms with Crippen molar-refractivity contribution in [1.82, 2.24) is 0 Å². The molecule has 5 nitrogen and oxygen atoms in total. The summed E-state index contributed by atoms with van der Waals surface area (Å²) in [7, 11) is 0. The van der Waals surface area contributed by atoms with E-state index in [0.29, 0.717) is 5.69 Å². The summed E-state index contributed by atoms with van der Waals surface area (Å²) in [6.45, 7) is 2.07. The first-order valence-electron chi connectivity index (χ1n) is 6.61. The monoisotopic (exact) mass is 283 g/mol. The number of hydrogen-bond donors (Lipinski definition) is 3. The second-order valence-electron chi connectivity index (χ2n) is 4.63. The van der Waals surface area contributed by atoms with E-state index in [4.69, 9.17) is 11.5 Å². The largest absolute Gasteiger partial charge is 0.366 e. The molecule has 2 rings (SSSR count). The van der Waals surface area contributed by atoms with Gasteiger partial charge in [-0.05, 0) is 36.2 Å². The quantitative estimate of drug-likeness (QED) is 0.784. The molecular weight excluding hydrogens is 266 g/mol. The van der Waals surface area contributed by atoms with E-state index in [1.807, 2.05) is 24.3 Å². The maximum absolute atomic E-state index is 11.6. The normalized spacial score (nSPS) is 10.1. The highest BCUT2D eigenvalue weighted by molar-refractivity contribution is 6.10. The summed E-state index contributed by atoms with van der Waals surface area (Å²) in [6.07, 6.45) is 0.948. The lowest BCUT2D eigenvalue weighted by atomic mass is 10.0. The Hall–Kier alpha value is -2.82. The summed E-state index contributed by atoms with van der Waals surface area (Å²) in [5, 5.41) is 3.09. The van der Waals surface area contributed by atoms with Crippen molar-refractivity contribution in [1.29, 1.82) is 0 Å². The Balaban J connectivity index is 2.41. The molecule has 0 aliphatic heterocycles. The zero-order chi connectivity index (χ0) is 15.4.